The summed E-state index contributed by atoms with van der Waals surface area (Å²) in [6.45, 7) is 7.56. The van der Waals surface area contributed by atoms with Crippen LogP contribution in [-0.4, -0.2) is 18.0 Å². The van der Waals surface area contributed by atoms with E-state index in [9.17, 15) is 4.39 Å². The summed E-state index contributed by atoms with van der Waals surface area (Å²) in [4.78, 5) is 2.38. The summed E-state index contributed by atoms with van der Waals surface area (Å²) in [5.74, 6) is -0.199. The third-order valence-electron chi connectivity index (χ3n) is 4.42. The van der Waals surface area contributed by atoms with Gasteiger partial charge < -0.3 is 5.73 Å². The summed E-state index contributed by atoms with van der Waals surface area (Å²) >= 11 is 0. The number of nitrogen functional groups attached to an aromatic ring is 1. The van der Waals surface area contributed by atoms with Gasteiger partial charge in [-0.2, -0.15) is 0 Å². The van der Waals surface area contributed by atoms with Crippen LogP contribution in [0.2, 0.25) is 0 Å². The molecule has 2 rings (SSSR count). The number of nitrogens with two attached hydrogens (primary N) is 1. The van der Waals surface area contributed by atoms with Crippen LogP contribution in [0.25, 0.3) is 0 Å². The summed E-state index contributed by atoms with van der Waals surface area (Å²) in [5.41, 5.74) is 7.99. The van der Waals surface area contributed by atoms with Crippen molar-refractivity contribution in [1.29, 1.82) is 0 Å². The van der Waals surface area contributed by atoms with Crippen LogP contribution in [0.15, 0.2) is 18.2 Å². The molecule has 3 heteroatoms. The van der Waals surface area contributed by atoms with Crippen molar-refractivity contribution in [3.8, 4) is 0 Å². The Morgan fingerprint density at radius 1 is 1.33 bits per heavy atom. The SMILES string of the molecule is CCC1(C)CCN(Cc2cc(F)ccc2N)CC1. The van der Waals surface area contributed by atoms with E-state index in [4.69, 9.17) is 5.73 Å². The van der Waals surface area contributed by atoms with Crippen molar-refractivity contribution in [3.63, 3.8) is 0 Å². The minimum absolute atomic E-state index is 0.199. The number of hydrogen-bond donors (Lipinski definition) is 1. The first-order valence-corrected chi connectivity index (χ1v) is 6.79. The van der Waals surface area contributed by atoms with Crippen LogP contribution in [0.5, 0.6) is 0 Å². The Morgan fingerprint density at radius 2 is 2.00 bits per heavy atom. The average Bonchev–Trinajstić information content (AvgIpc) is 2.37. The van der Waals surface area contributed by atoms with Crippen molar-refractivity contribution in [1.82, 2.24) is 4.90 Å². The highest BCUT2D eigenvalue weighted by atomic mass is 19.1. The number of halogens is 1. The van der Waals surface area contributed by atoms with Gasteiger partial charge in [-0.1, -0.05) is 20.3 Å². The molecule has 1 aromatic carbocycles. The van der Waals surface area contributed by atoms with Gasteiger partial charge in [-0.15, -0.1) is 0 Å². The van der Waals surface area contributed by atoms with E-state index in [2.05, 4.69) is 18.7 Å². The maximum absolute atomic E-state index is 13.2. The van der Waals surface area contributed by atoms with Crippen LogP contribution in [0.4, 0.5) is 10.1 Å². The van der Waals surface area contributed by atoms with Crippen LogP contribution < -0.4 is 5.73 Å². The summed E-state index contributed by atoms with van der Waals surface area (Å²) < 4.78 is 13.2. The Hall–Kier alpha value is -1.09. The molecule has 1 saturated heterocycles. The average molecular weight is 250 g/mol. The Kier molecular flexibility index (Phi) is 3.91. The van der Waals surface area contributed by atoms with Gasteiger partial charge in [0, 0.05) is 12.2 Å². The highest BCUT2D eigenvalue weighted by molar-refractivity contribution is 5.46. The molecular weight excluding hydrogens is 227 g/mol. The molecule has 1 aliphatic heterocycles. The van der Waals surface area contributed by atoms with E-state index in [1.807, 2.05) is 0 Å². The fourth-order valence-corrected chi connectivity index (χ4v) is 2.56. The van der Waals surface area contributed by atoms with Crippen LogP contribution in [-0.2, 0) is 6.54 Å². The fourth-order valence-electron chi connectivity index (χ4n) is 2.56. The lowest BCUT2D eigenvalue weighted by molar-refractivity contribution is 0.110. The molecule has 1 aliphatic rings. The lowest BCUT2D eigenvalue weighted by Crippen LogP contribution is -2.38. The molecule has 0 amide bonds. The van der Waals surface area contributed by atoms with Crippen molar-refractivity contribution in [2.75, 3.05) is 18.8 Å². The number of benzene rings is 1. The van der Waals surface area contributed by atoms with E-state index in [1.165, 1.54) is 25.3 Å². The van der Waals surface area contributed by atoms with E-state index in [0.29, 0.717) is 11.1 Å². The predicted octanol–water partition coefficient (Wildman–Crippen LogP) is 3.42. The van der Waals surface area contributed by atoms with Crippen LogP contribution in [0, 0.1) is 11.2 Å². The minimum atomic E-state index is -0.199. The fraction of sp³-hybridized carbons (Fsp3) is 0.600. The van der Waals surface area contributed by atoms with Gasteiger partial charge in [0.05, 0.1) is 0 Å². The van der Waals surface area contributed by atoms with Gasteiger partial charge in [-0.05, 0) is 55.1 Å². The molecule has 18 heavy (non-hydrogen) atoms. The summed E-state index contributed by atoms with van der Waals surface area (Å²) in [5, 5.41) is 0. The first-order chi connectivity index (χ1) is 8.52. The molecule has 1 fully saturated rings. The van der Waals surface area contributed by atoms with Crippen LogP contribution >= 0.6 is 0 Å². The lowest BCUT2D eigenvalue weighted by Gasteiger charge is -2.39. The number of nitrogens with zero attached hydrogens (tertiary/aromatic N) is 1. The summed E-state index contributed by atoms with van der Waals surface area (Å²) in [6, 6.07) is 4.64. The highest BCUT2D eigenvalue weighted by Gasteiger charge is 2.28. The van der Waals surface area contributed by atoms with Gasteiger partial charge in [-0.25, -0.2) is 4.39 Å². The second kappa shape index (κ2) is 5.27. The second-order valence-corrected chi connectivity index (χ2v) is 5.78. The minimum Gasteiger partial charge on any atom is -0.398 e. The van der Waals surface area contributed by atoms with Gasteiger partial charge in [0.1, 0.15) is 5.82 Å². The monoisotopic (exact) mass is 250 g/mol. The molecule has 2 nitrogen and oxygen atoms in total. The number of rotatable bonds is 3. The zero-order chi connectivity index (χ0) is 13.2. The third kappa shape index (κ3) is 3.02. The first kappa shape index (κ1) is 13.3. The van der Waals surface area contributed by atoms with Crippen LogP contribution in [0.1, 0.15) is 38.7 Å². The molecule has 0 unspecified atom stereocenters. The molecule has 0 atom stereocenters. The predicted molar refractivity (Wildman–Crippen MR) is 73.7 cm³/mol. The van der Waals surface area contributed by atoms with Crippen LogP contribution in [0.3, 0.4) is 0 Å². The Balaban J connectivity index is 1.97. The van der Waals surface area contributed by atoms with Gasteiger partial charge in [0.15, 0.2) is 0 Å². The molecule has 100 valence electrons. The Bertz CT molecular complexity index is 409. The number of anilines is 1. The number of piperidine rings is 1. The van der Waals surface area contributed by atoms with E-state index in [1.54, 1.807) is 12.1 Å². The molecule has 2 N–H and O–H groups in total. The lowest BCUT2D eigenvalue weighted by atomic mass is 9.78. The van der Waals surface area contributed by atoms with E-state index < -0.39 is 0 Å². The molecule has 0 aliphatic carbocycles. The molecule has 0 bridgehead atoms. The quantitative estimate of drug-likeness (QED) is 0.833. The normalized spacial score (nSPS) is 19.9. The molecule has 1 heterocycles. The first-order valence-electron chi connectivity index (χ1n) is 6.79. The molecule has 0 aromatic heterocycles. The molecule has 0 spiro atoms. The third-order valence-corrected chi connectivity index (χ3v) is 4.42. The molecule has 0 saturated carbocycles. The molecular formula is C15H23FN2. The van der Waals surface area contributed by atoms with Crippen molar-refractivity contribution in [2.24, 2.45) is 5.41 Å². The number of hydrogen-bond acceptors (Lipinski definition) is 2. The van der Waals surface area contributed by atoms with Gasteiger partial charge in [-0.3, -0.25) is 4.90 Å². The Labute approximate surface area is 109 Å². The summed E-state index contributed by atoms with van der Waals surface area (Å²) in [6.07, 6.45) is 3.68. The van der Waals surface area contributed by atoms with Gasteiger partial charge >= 0.3 is 0 Å². The van der Waals surface area contributed by atoms with Gasteiger partial charge in [0.2, 0.25) is 0 Å². The Morgan fingerprint density at radius 3 is 2.61 bits per heavy atom. The van der Waals surface area contributed by atoms with E-state index in [0.717, 1.165) is 25.2 Å². The maximum atomic E-state index is 13.2. The second-order valence-electron chi connectivity index (χ2n) is 5.78. The maximum Gasteiger partial charge on any atom is 0.123 e. The molecule has 0 radical (unpaired) electrons. The number of likely N-dealkylation sites (tertiary alicyclic amines) is 1. The van der Waals surface area contributed by atoms with Crippen molar-refractivity contribution < 1.29 is 4.39 Å². The van der Waals surface area contributed by atoms with Crippen molar-refractivity contribution in [3.05, 3.63) is 29.6 Å². The van der Waals surface area contributed by atoms with Crippen molar-refractivity contribution >= 4 is 5.69 Å². The largest absolute Gasteiger partial charge is 0.398 e. The topological polar surface area (TPSA) is 29.3 Å². The zero-order valence-corrected chi connectivity index (χ0v) is 11.4. The standard InChI is InChI=1S/C15H23FN2/c1-3-15(2)6-8-18(9-7-15)11-12-10-13(16)4-5-14(12)17/h4-5,10H,3,6-9,11,17H2,1-2H3. The van der Waals surface area contributed by atoms with E-state index >= 15 is 0 Å². The molecule has 1 aromatic rings. The van der Waals surface area contributed by atoms with Crippen molar-refractivity contribution in [2.45, 2.75) is 39.7 Å². The van der Waals surface area contributed by atoms with E-state index in [-0.39, 0.29) is 5.82 Å². The van der Waals surface area contributed by atoms with Gasteiger partial charge in [0.25, 0.3) is 0 Å². The smallest absolute Gasteiger partial charge is 0.123 e. The summed E-state index contributed by atoms with van der Waals surface area (Å²) in [7, 11) is 0. The zero-order valence-electron chi connectivity index (χ0n) is 11.4. The highest BCUT2D eigenvalue weighted by Crippen LogP contribution is 2.34.